The molecule has 1 aromatic carbocycles. The number of benzene rings is 1. The van der Waals surface area contributed by atoms with Crippen LogP contribution in [-0.4, -0.2) is 10.9 Å². The van der Waals surface area contributed by atoms with E-state index in [0.717, 1.165) is 5.38 Å². The van der Waals surface area contributed by atoms with Gasteiger partial charge in [0, 0.05) is 10.8 Å². The second kappa shape index (κ2) is 5.51. The number of para-hydroxylation sites is 1. The van der Waals surface area contributed by atoms with Crippen LogP contribution < -0.4 is 10.9 Å². The van der Waals surface area contributed by atoms with Crippen molar-refractivity contribution in [1.82, 2.24) is 4.98 Å². The van der Waals surface area contributed by atoms with Crippen molar-refractivity contribution in [3.8, 4) is 0 Å². The van der Waals surface area contributed by atoms with Gasteiger partial charge in [0.2, 0.25) is 0 Å². The molecule has 1 N–H and O–H groups in total. The Balaban J connectivity index is 1.90. The first-order valence-corrected chi connectivity index (χ1v) is 7.09. The van der Waals surface area contributed by atoms with Crippen LogP contribution in [0.5, 0.6) is 0 Å². The van der Waals surface area contributed by atoms with E-state index in [2.05, 4.69) is 10.3 Å². The lowest BCUT2D eigenvalue weighted by Crippen LogP contribution is -2.20. The molecule has 118 valence electrons. The van der Waals surface area contributed by atoms with Crippen LogP contribution in [0.3, 0.4) is 0 Å². The standard InChI is InChI=1S/C14H7F3N2O3S/c15-14(16,17)10-6-23-13(18-10)19-11(20)8-5-7-3-1-2-4-9(7)22-12(8)21/h1-6H,(H,18,19,20). The number of anilines is 1. The van der Waals surface area contributed by atoms with Gasteiger partial charge in [-0.25, -0.2) is 9.78 Å². The van der Waals surface area contributed by atoms with E-state index in [4.69, 9.17) is 4.42 Å². The molecule has 2 heterocycles. The van der Waals surface area contributed by atoms with Crippen LogP contribution in [0.4, 0.5) is 18.3 Å². The molecule has 0 aliphatic heterocycles. The Morgan fingerprint density at radius 2 is 2.00 bits per heavy atom. The third kappa shape index (κ3) is 3.09. The molecule has 0 bridgehead atoms. The van der Waals surface area contributed by atoms with Crippen LogP contribution >= 0.6 is 11.3 Å². The summed E-state index contributed by atoms with van der Waals surface area (Å²) in [5.74, 6) is -0.882. The highest BCUT2D eigenvalue weighted by molar-refractivity contribution is 7.14. The van der Waals surface area contributed by atoms with Crippen molar-refractivity contribution < 1.29 is 22.4 Å². The minimum absolute atomic E-state index is 0.255. The van der Waals surface area contributed by atoms with Gasteiger partial charge in [-0.1, -0.05) is 18.2 Å². The van der Waals surface area contributed by atoms with Crippen molar-refractivity contribution in [3.05, 3.63) is 57.4 Å². The lowest BCUT2D eigenvalue weighted by molar-refractivity contribution is -0.140. The number of alkyl halides is 3. The molecule has 0 fully saturated rings. The van der Waals surface area contributed by atoms with E-state index in [1.54, 1.807) is 24.3 Å². The highest BCUT2D eigenvalue weighted by Gasteiger charge is 2.34. The first-order valence-electron chi connectivity index (χ1n) is 6.21. The highest BCUT2D eigenvalue weighted by Crippen LogP contribution is 2.31. The summed E-state index contributed by atoms with van der Waals surface area (Å²) in [4.78, 5) is 27.1. The van der Waals surface area contributed by atoms with Crippen molar-refractivity contribution in [2.75, 3.05) is 5.32 Å². The number of carbonyl (C=O) groups is 1. The second-order valence-corrected chi connectivity index (χ2v) is 5.33. The molecule has 0 saturated heterocycles. The zero-order valence-electron chi connectivity index (χ0n) is 11.2. The lowest BCUT2D eigenvalue weighted by Gasteiger charge is -2.03. The predicted octanol–water partition coefficient (Wildman–Crippen LogP) is 3.52. The zero-order valence-corrected chi connectivity index (χ0v) is 12.0. The molecular formula is C14H7F3N2O3S. The van der Waals surface area contributed by atoms with Crippen LogP contribution in [0.2, 0.25) is 0 Å². The molecule has 3 aromatic rings. The highest BCUT2D eigenvalue weighted by atomic mass is 32.1. The van der Waals surface area contributed by atoms with Gasteiger partial charge in [-0.3, -0.25) is 10.1 Å². The van der Waals surface area contributed by atoms with Crippen molar-refractivity contribution in [2.45, 2.75) is 6.18 Å². The van der Waals surface area contributed by atoms with Crippen LogP contribution in [0.25, 0.3) is 11.0 Å². The molecule has 1 amide bonds. The molecule has 23 heavy (non-hydrogen) atoms. The maximum atomic E-state index is 12.5. The van der Waals surface area contributed by atoms with E-state index in [1.807, 2.05) is 0 Å². The molecular weight excluding hydrogens is 333 g/mol. The maximum absolute atomic E-state index is 12.5. The fraction of sp³-hybridized carbons (Fsp3) is 0.0714. The Morgan fingerprint density at radius 1 is 1.26 bits per heavy atom. The van der Waals surface area contributed by atoms with Gasteiger partial charge >= 0.3 is 11.8 Å². The third-order valence-electron chi connectivity index (χ3n) is 2.90. The minimum atomic E-state index is -4.60. The van der Waals surface area contributed by atoms with Crippen LogP contribution in [0.1, 0.15) is 16.1 Å². The Labute approximate surface area is 130 Å². The average molecular weight is 340 g/mol. The summed E-state index contributed by atoms with van der Waals surface area (Å²) in [6.45, 7) is 0. The largest absolute Gasteiger partial charge is 0.434 e. The van der Waals surface area contributed by atoms with Gasteiger partial charge in [-0.05, 0) is 12.1 Å². The molecule has 0 unspecified atom stereocenters. The lowest BCUT2D eigenvalue weighted by atomic mass is 10.2. The molecule has 3 rings (SSSR count). The molecule has 0 spiro atoms. The second-order valence-electron chi connectivity index (χ2n) is 4.48. The molecule has 5 nitrogen and oxygen atoms in total. The van der Waals surface area contributed by atoms with Crippen LogP contribution in [0.15, 0.2) is 44.9 Å². The van der Waals surface area contributed by atoms with Gasteiger partial charge in [0.1, 0.15) is 11.1 Å². The molecule has 0 radical (unpaired) electrons. The van der Waals surface area contributed by atoms with E-state index >= 15 is 0 Å². The molecule has 0 atom stereocenters. The number of nitrogens with zero attached hydrogens (tertiary/aromatic N) is 1. The number of fused-ring (bicyclic) bond motifs is 1. The molecule has 0 saturated carbocycles. The number of nitrogens with one attached hydrogen (secondary N) is 1. The van der Waals surface area contributed by atoms with Gasteiger partial charge in [-0.2, -0.15) is 13.2 Å². The van der Waals surface area contributed by atoms with E-state index in [1.165, 1.54) is 6.07 Å². The summed E-state index contributed by atoms with van der Waals surface area (Å²) in [7, 11) is 0. The molecule has 2 aromatic heterocycles. The summed E-state index contributed by atoms with van der Waals surface area (Å²) in [5, 5.41) is 3.21. The fourth-order valence-corrected chi connectivity index (χ4v) is 2.56. The summed E-state index contributed by atoms with van der Waals surface area (Å²) in [6.07, 6.45) is -4.60. The van der Waals surface area contributed by atoms with Gasteiger partial charge in [0.15, 0.2) is 10.8 Å². The number of rotatable bonds is 2. The van der Waals surface area contributed by atoms with Crippen LogP contribution in [0, 0.1) is 0 Å². The Kier molecular flexibility index (Phi) is 3.64. The Hall–Kier alpha value is -2.68. The normalized spacial score (nSPS) is 11.6. The zero-order chi connectivity index (χ0) is 16.6. The number of carbonyl (C=O) groups excluding carboxylic acids is 1. The number of hydrogen-bond acceptors (Lipinski definition) is 5. The molecule has 0 aliphatic carbocycles. The van der Waals surface area contributed by atoms with E-state index in [0.29, 0.717) is 22.3 Å². The minimum Gasteiger partial charge on any atom is -0.422 e. The number of aromatic nitrogens is 1. The fourth-order valence-electron chi connectivity index (χ4n) is 1.85. The van der Waals surface area contributed by atoms with Gasteiger partial charge in [0.25, 0.3) is 5.91 Å². The van der Waals surface area contributed by atoms with Gasteiger partial charge in [0.05, 0.1) is 0 Å². The quantitative estimate of drug-likeness (QED) is 0.725. The van der Waals surface area contributed by atoms with Crippen LogP contribution in [-0.2, 0) is 6.18 Å². The van der Waals surface area contributed by atoms with E-state index in [9.17, 15) is 22.8 Å². The first kappa shape index (κ1) is 15.2. The number of halogens is 3. The SMILES string of the molecule is O=C(Nc1nc(C(F)(F)F)cs1)c1cc2ccccc2oc1=O. The summed E-state index contributed by atoms with van der Waals surface area (Å²) >= 11 is 0.613. The first-order chi connectivity index (χ1) is 10.8. The van der Waals surface area contributed by atoms with Gasteiger partial charge < -0.3 is 4.42 Å². The monoisotopic (exact) mass is 340 g/mol. The number of amides is 1. The van der Waals surface area contributed by atoms with Gasteiger partial charge in [-0.15, -0.1) is 11.3 Å². The maximum Gasteiger partial charge on any atom is 0.434 e. The number of thiazole rings is 1. The Bertz CT molecular complexity index is 946. The van der Waals surface area contributed by atoms with E-state index in [-0.39, 0.29) is 10.7 Å². The predicted molar refractivity (Wildman–Crippen MR) is 77.6 cm³/mol. The number of hydrogen-bond donors (Lipinski definition) is 1. The van der Waals surface area contributed by atoms with Crippen molar-refractivity contribution in [3.63, 3.8) is 0 Å². The summed E-state index contributed by atoms with van der Waals surface area (Å²) in [5.41, 5.74) is -1.99. The van der Waals surface area contributed by atoms with E-state index < -0.39 is 23.4 Å². The molecule has 0 aliphatic rings. The smallest absolute Gasteiger partial charge is 0.422 e. The topological polar surface area (TPSA) is 72.2 Å². The summed E-state index contributed by atoms with van der Waals surface area (Å²) in [6, 6.07) is 7.88. The summed E-state index contributed by atoms with van der Waals surface area (Å²) < 4.78 is 42.4. The molecule has 9 heteroatoms. The van der Waals surface area contributed by atoms with Crippen molar-refractivity contribution in [2.24, 2.45) is 0 Å². The van der Waals surface area contributed by atoms with Crippen molar-refractivity contribution in [1.29, 1.82) is 0 Å². The average Bonchev–Trinajstić information content (AvgIpc) is 2.95. The van der Waals surface area contributed by atoms with Crippen molar-refractivity contribution >= 4 is 33.3 Å². The third-order valence-corrected chi connectivity index (χ3v) is 3.66. The Morgan fingerprint density at radius 3 is 2.70 bits per heavy atom.